The quantitative estimate of drug-likeness (QED) is 0.516. The fourth-order valence-corrected chi connectivity index (χ4v) is 4.44. The average Bonchev–Trinajstić information content (AvgIpc) is 3.41. The van der Waals surface area contributed by atoms with Gasteiger partial charge in [0.25, 0.3) is 0 Å². The minimum absolute atomic E-state index is 0.140. The molecule has 0 bridgehead atoms. The van der Waals surface area contributed by atoms with Crippen molar-refractivity contribution in [3.8, 4) is 28.7 Å². The van der Waals surface area contributed by atoms with E-state index in [1.165, 1.54) is 0 Å². The number of rotatable bonds is 5. The van der Waals surface area contributed by atoms with Crippen molar-refractivity contribution in [2.24, 2.45) is 5.92 Å². The first kappa shape index (κ1) is 19.4. The molecule has 0 unspecified atom stereocenters. The van der Waals surface area contributed by atoms with E-state index in [4.69, 9.17) is 10.1 Å². The van der Waals surface area contributed by atoms with Gasteiger partial charge in [-0.1, -0.05) is 0 Å². The van der Waals surface area contributed by atoms with Crippen LogP contribution in [0.2, 0.25) is 0 Å². The number of pyridine rings is 2. The van der Waals surface area contributed by atoms with Crippen molar-refractivity contribution in [2.45, 2.75) is 44.2 Å². The van der Waals surface area contributed by atoms with Gasteiger partial charge in [0.05, 0.1) is 41.0 Å². The summed E-state index contributed by atoms with van der Waals surface area (Å²) >= 11 is 0. The van der Waals surface area contributed by atoms with Gasteiger partial charge in [-0.15, -0.1) is 0 Å². The number of H-pyrrole nitrogens is 1. The van der Waals surface area contributed by atoms with Crippen molar-refractivity contribution >= 4 is 10.9 Å². The average molecular weight is 413 g/mol. The number of aromatic amines is 1. The first-order chi connectivity index (χ1) is 14.9. The zero-order valence-electron chi connectivity index (χ0n) is 17.4. The highest BCUT2D eigenvalue weighted by molar-refractivity contribution is 5.93. The van der Waals surface area contributed by atoms with Gasteiger partial charge < -0.3 is 5.11 Å². The summed E-state index contributed by atoms with van der Waals surface area (Å²) in [5.74, 6) is 0.140. The molecule has 1 aliphatic carbocycles. The Balaban J connectivity index is 1.58. The number of fused-ring (bicyclic) bond motifs is 1. The topological polar surface area (TPSA) is 116 Å². The number of hydrogen-bond acceptors (Lipinski definition) is 6. The highest BCUT2D eigenvalue weighted by atomic mass is 16.3. The van der Waals surface area contributed by atoms with Gasteiger partial charge in [-0.3, -0.25) is 14.8 Å². The van der Waals surface area contributed by atoms with E-state index in [0.717, 1.165) is 46.4 Å². The Bertz CT molecular complexity index is 1270. The third-order valence-corrected chi connectivity index (χ3v) is 6.37. The van der Waals surface area contributed by atoms with Crippen LogP contribution in [0, 0.1) is 17.2 Å². The molecule has 1 fully saturated rings. The lowest BCUT2D eigenvalue weighted by molar-refractivity contribution is -0.0810. The Hall–Kier alpha value is -3.57. The molecule has 156 valence electrons. The first-order valence-electron chi connectivity index (χ1n) is 10.3. The molecule has 4 heterocycles. The molecule has 31 heavy (non-hydrogen) atoms. The normalized spacial score (nSPS) is 21.0. The minimum atomic E-state index is -0.767. The first-order valence-corrected chi connectivity index (χ1v) is 10.3. The summed E-state index contributed by atoms with van der Waals surface area (Å²) in [6.45, 7) is 3.65. The molecule has 0 atom stereocenters. The van der Waals surface area contributed by atoms with Crippen molar-refractivity contribution < 1.29 is 5.11 Å². The second kappa shape index (κ2) is 7.00. The van der Waals surface area contributed by atoms with E-state index >= 15 is 0 Å². The second-order valence-corrected chi connectivity index (χ2v) is 8.88. The number of aliphatic hydroxyl groups is 1. The van der Waals surface area contributed by atoms with Crippen molar-refractivity contribution in [1.82, 2.24) is 29.9 Å². The molecule has 0 saturated heterocycles. The summed E-state index contributed by atoms with van der Waals surface area (Å²) in [5.41, 5.74) is 2.78. The van der Waals surface area contributed by atoms with Gasteiger partial charge in [0.15, 0.2) is 0 Å². The summed E-state index contributed by atoms with van der Waals surface area (Å²) in [7, 11) is 0. The van der Waals surface area contributed by atoms with Gasteiger partial charge in [0, 0.05) is 29.5 Å². The molecule has 8 heteroatoms. The molecular weight excluding hydrogens is 390 g/mol. The van der Waals surface area contributed by atoms with E-state index in [2.05, 4.69) is 21.3 Å². The standard InChI is InChI=1S/C23H23N7O/c1-22(2,31)16-11-23(12-16,6-7-24)30-9-5-18(29-30)21-17-4-3-8-25-20(17)10-19(28-21)15-13-26-27-14-15/h3-5,8-10,13-14,16,31H,6,11-12H2,1-2H3,(H,26,27). The molecule has 4 aromatic heterocycles. The Morgan fingerprint density at radius 2 is 2.16 bits per heavy atom. The summed E-state index contributed by atoms with van der Waals surface area (Å²) in [5, 5.41) is 32.4. The van der Waals surface area contributed by atoms with Crippen LogP contribution in [-0.4, -0.2) is 40.7 Å². The maximum Gasteiger partial charge on any atom is 0.111 e. The molecule has 5 rings (SSSR count). The molecule has 0 aliphatic heterocycles. The lowest BCUT2D eigenvalue weighted by Gasteiger charge is -2.51. The lowest BCUT2D eigenvalue weighted by atomic mass is 9.61. The van der Waals surface area contributed by atoms with Gasteiger partial charge in [0.2, 0.25) is 0 Å². The fraction of sp³-hybridized carbons (Fsp3) is 0.348. The SMILES string of the molecule is CC(C)(O)C1CC(CC#N)(n2ccc(-c3nc(-c4cn[nH]c4)cc4ncccc34)n2)C1. The van der Waals surface area contributed by atoms with Crippen LogP contribution in [-0.2, 0) is 5.54 Å². The van der Waals surface area contributed by atoms with E-state index in [-0.39, 0.29) is 5.92 Å². The van der Waals surface area contributed by atoms with Crippen LogP contribution in [0.25, 0.3) is 33.5 Å². The molecule has 4 aromatic rings. The summed E-state index contributed by atoms with van der Waals surface area (Å²) in [4.78, 5) is 9.38. The Labute approximate surface area is 179 Å². The molecule has 0 spiro atoms. The predicted octanol–water partition coefficient (Wildman–Crippen LogP) is 3.67. The van der Waals surface area contributed by atoms with E-state index in [1.54, 1.807) is 18.6 Å². The van der Waals surface area contributed by atoms with Crippen LogP contribution in [0.5, 0.6) is 0 Å². The van der Waals surface area contributed by atoms with E-state index in [1.807, 2.05) is 49.0 Å². The molecule has 8 nitrogen and oxygen atoms in total. The van der Waals surface area contributed by atoms with Gasteiger partial charge in [-0.05, 0) is 56.9 Å². The molecular formula is C23H23N7O. The van der Waals surface area contributed by atoms with Crippen LogP contribution in [0.4, 0.5) is 0 Å². The van der Waals surface area contributed by atoms with Crippen LogP contribution in [0.1, 0.15) is 33.1 Å². The van der Waals surface area contributed by atoms with Gasteiger partial charge in [-0.25, -0.2) is 4.98 Å². The Morgan fingerprint density at radius 3 is 2.87 bits per heavy atom. The number of nitriles is 1. The summed E-state index contributed by atoms with van der Waals surface area (Å²) in [6, 6.07) is 10.1. The van der Waals surface area contributed by atoms with Gasteiger partial charge in [-0.2, -0.15) is 15.5 Å². The van der Waals surface area contributed by atoms with E-state index in [0.29, 0.717) is 6.42 Å². The molecule has 1 aliphatic rings. The lowest BCUT2D eigenvalue weighted by Crippen LogP contribution is -2.53. The number of nitrogens with zero attached hydrogens (tertiary/aromatic N) is 6. The number of aromatic nitrogens is 6. The zero-order chi connectivity index (χ0) is 21.6. The van der Waals surface area contributed by atoms with Crippen LogP contribution in [0.15, 0.2) is 49.1 Å². The summed E-state index contributed by atoms with van der Waals surface area (Å²) < 4.78 is 1.89. The minimum Gasteiger partial charge on any atom is -0.390 e. The predicted molar refractivity (Wildman–Crippen MR) is 116 cm³/mol. The van der Waals surface area contributed by atoms with Crippen molar-refractivity contribution in [2.75, 3.05) is 0 Å². The maximum atomic E-state index is 10.4. The highest BCUT2D eigenvalue weighted by Gasteiger charge is 2.51. The molecule has 0 radical (unpaired) electrons. The third kappa shape index (κ3) is 3.27. The highest BCUT2D eigenvalue weighted by Crippen LogP contribution is 2.50. The fourth-order valence-electron chi connectivity index (χ4n) is 4.44. The van der Waals surface area contributed by atoms with Crippen molar-refractivity contribution in [3.63, 3.8) is 0 Å². The zero-order valence-corrected chi connectivity index (χ0v) is 17.4. The number of nitrogens with one attached hydrogen (secondary N) is 1. The maximum absolute atomic E-state index is 10.4. The monoisotopic (exact) mass is 413 g/mol. The van der Waals surface area contributed by atoms with Crippen LogP contribution < -0.4 is 0 Å². The van der Waals surface area contributed by atoms with Crippen LogP contribution >= 0.6 is 0 Å². The van der Waals surface area contributed by atoms with Crippen molar-refractivity contribution in [3.05, 3.63) is 49.1 Å². The van der Waals surface area contributed by atoms with Crippen molar-refractivity contribution in [1.29, 1.82) is 5.26 Å². The molecule has 2 N–H and O–H groups in total. The molecule has 1 saturated carbocycles. The molecule has 0 aromatic carbocycles. The van der Waals surface area contributed by atoms with E-state index < -0.39 is 11.1 Å². The van der Waals surface area contributed by atoms with Crippen LogP contribution in [0.3, 0.4) is 0 Å². The van der Waals surface area contributed by atoms with Gasteiger partial charge in [0.1, 0.15) is 11.4 Å². The smallest absolute Gasteiger partial charge is 0.111 e. The van der Waals surface area contributed by atoms with Gasteiger partial charge >= 0.3 is 0 Å². The number of hydrogen-bond donors (Lipinski definition) is 2. The van der Waals surface area contributed by atoms with E-state index in [9.17, 15) is 10.4 Å². The Kier molecular flexibility index (Phi) is 4.38. The summed E-state index contributed by atoms with van der Waals surface area (Å²) in [6.07, 6.45) is 9.00. The Morgan fingerprint density at radius 1 is 1.32 bits per heavy atom. The molecule has 0 amide bonds. The largest absolute Gasteiger partial charge is 0.390 e. The second-order valence-electron chi connectivity index (χ2n) is 8.88. The third-order valence-electron chi connectivity index (χ3n) is 6.37.